The molecule has 438 valence electrons. The van der Waals surface area contributed by atoms with Gasteiger partial charge < -0.3 is 31.4 Å². The normalized spacial score (nSPS) is 12.2. The predicted molar refractivity (Wildman–Crippen MR) is 336 cm³/mol. The van der Waals surface area contributed by atoms with Crippen molar-refractivity contribution in [1.29, 1.82) is 0 Å². The summed E-state index contributed by atoms with van der Waals surface area (Å²) in [5.74, 6) is 3.84. The lowest BCUT2D eigenvalue weighted by atomic mass is 10.1. The van der Waals surface area contributed by atoms with Crippen LogP contribution in [0.2, 0.25) is 0 Å². The number of aryl methyl sites for hydroxylation is 1. The second-order valence-corrected chi connectivity index (χ2v) is 24.4. The van der Waals surface area contributed by atoms with Gasteiger partial charge in [-0.3, -0.25) is 9.11 Å². The zero-order valence-corrected chi connectivity index (χ0v) is 49.2. The van der Waals surface area contributed by atoms with Crippen LogP contribution in [0.4, 0.5) is 0 Å². The number of nitrogens with zero attached hydrogens (tertiary/aromatic N) is 8. The quantitative estimate of drug-likeness (QED) is 0.0675. The molecule has 5 aromatic heterocycles. The zero-order valence-electron chi connectivity index (χ0n) is 46.7. The number of benzene rings is 9. The average Bonchev–Trinajstić information content (AvgIpc) is 2.01. The zero-order chi connectivity index (χ0) is 60.7. The highest BCUT2D eigenvalue weighted by Gasteiger charge is 2.24. The van der Waals surface area contributed by atoms with Gasteiger partial charge in [0, 0.05) is 43.4 Å². The molecule has 0 bridgehead atoms. The Labute approximate surface area is 507 Å². The van der Waals surface area contributed by atoms with Crippen molar-refractivity contribution in [2.45, 2.75) is 42.9 Å². The summed E-state index contributed by atoms with van der Waals surface area (Å²) in [5.41, 5.74) is 12.5. The van der Waals surface area contributed by atoms with Crippen LogP contribution in [-0.4, -0.2) is 72.9 Å². The third-order valence-corrected chi connectivity index (χ3v) is 17.0. The second-order valence-electron chi connectivity index (χ2n) is 21.0. The number of hydrogen-bond donors (Lipinski definition) is 2. The van der Waals surface area contributed by atoms with Gasteiger partial charge in [0.15, 0.2) is 23.2 Å². The maximum absolute atomic E-state index is 12.0. The Kier molecular flexibility index (Phi) is 15.3. The third kappa shape index (κ3) is 11.9. The Morgan fingerprint density at radius 2 is 0.750 bits per heavy atom. The van der Waals surface area contributed by atoms with E-state index in [4.69, 9.17) is 28.5 Å². The molecule has 9 aromatic carbocycles. The topological polar surface area (TPSA) is 243 Å². The van der Waals surface area contributed by atoms with Crippen molar-refractivity contribution < 1.29 is 43.3 Å². The molecule has 0 aliphatic rings. The van der Waals surface area contributed by atoms with E-state index in [1.165, 1.54) is 24.3 Å². The maximum Gasteiger partial charge on any atom is 0.294 e. The molecule has 88 heavy (non-hydrogen) atoms. The molecule has 0 spiro atoms. The lowest BCUT2D eigenvalue weighted by molar-refractivity contribution is 0.440. The maximum atomic E-state index is 12.0. The standard InChI is InChI=1S/C34H26N4O6S2.C33H26N4O4S/c39-45(40)44-27-15-17-29-31(19-27)37(21-23-7-3-1-4-8-23)33(35-29)25-11-13-26(14-12-25)34-36-30-18-16-28(46(41,42)43)20-32(30)38(34)22-24-9-5-2-6-10-24;1-22-12-14-26-28(18-22)36(20-23-8-4-2-5-9-23)32(34-26)30-16-17-31(41-30)33-35-27-15-13-25(42(38,39)40)19-29(27)37(33)21-24-10-6-3-7-11-24/h1-20H,21-22H2,(H,39,40)(H,41,42,43);2-19H,20-21H2,1H3,(H,38,39,40)/p-1. The van der Waals surface area contributed by atoms with E-state index in [1.807, 2.05) is 171 Å². The summed E-state index contributed by atoms with van der Waals surface area (Å²) >= 11 is -2.71. The van der Waals surface area contributed by atoms with Crippen molar-refractivity contribution in [3.8, 4) is 51.7 Å². The summed E-state index contributed by atoms with van der Waals surface area (Å²) in [6, 6.07) is 71.1. The fraction of sp³-hybridized carbons (Fsp3) is 0.0746. The van der Waals surface area contributed by atoms with Gasteiger partial charge in [-0.25, -0.2) is 24.1 Å². The molecule has 0 saturated carbocycles. The molecule has 14 aromatic rings. The lowest BCUT2D eigenvalue weighted by Gasteiger charge is -2.12. The Bertz CT molecular complexity index is 5170. The molecule has 1 atom stereocenters. The summed E-state index contributed by atoms with van der Waals surface area (Å²) in [6.45, 7) is 4.02. The van der Waals surface area contributed by atoms with Gasteiger partial charge in [-0.15, -0.1) is 0 Å². The average molecular weight is 1220 g/mol. The van der Waals surface area contributed by atoms with E-state index in [0.717, 1.165) is 50.0 Å². The molecular formula is C67H51N8O10S3-. The number of aromatic nitrogens is 8. The lowest BCUT2D eigenvalue weighted by Crippen LogP contribution is -2.04. The molecule has 2 N–H and O–H groups in total. The molecule has 0 radical (unpaired) electrons. The van der Waals surface area contributed by atoms with Gasteiger partial charge >= 0.3 is 0 Å². The van der Waals surface area contributed by atoms with Crippen LogP contribution in [0.1, 0.15) is 27.8 Å². The fourth-order valence-electron chi connectivity index (χ4n) is 10.9. The largest absolute Gasteiger partial charge is 0.740 e. The molecule has 18 nitrogen and oxygen atoms in total. The Hall–Kier alpha value is -10.1. The van der Waals surface area contributed by atoms with Crippen LogP contribution in [0.25, 0.3) is 90.1 Å². The molecule has 21 heteroatoms. The Morgan fingerprint density at radius 1 is 0.420 bits per heavy atom. The number of imidazole rings is 4. The van der Waals surface area contributed by atoms with Crippen molar-refractivity contribution in [3.05, 3.63) is 258 Å². The first-order valence-electron chi connectivity index (χ1n) is 27.6. The Morgan fingerprint density at radius 3 is 1.12 bits per heavy atom. The van der Waals surface area contributed by atoms with Gasteiger partial charge in [-0.1, -0.05) is 152 Å². The van der Waals surface area contributed by atoms with Crippen LogP contribution < -0.4 is 4.18 Å². The number of rotatable bonds is 16. The highest BCUT2D eigenvalue weighted by atomic mass is 32.2. The molecule has 1 unspecified atom stereocenters. The van der Waals surface area contributed by atoms with E-state index >= 15 is 0 Å². The smallest absolute Gasteiger partial charge is 0.294 e. The van der Waals surface area contributed by atoms with E-state index in [0.29, 0.717) is 94.1 Å². The molecule has 0 fully saturated rings. The summed E-state index contributed by atoms with van der Waals surface area (Å²) in [6.07, 6.45) is 0. The van der Waals surface area contributed by atoms with Gasteiger partial charge in [0.2, 0.25) is 0 Å². The SMILES string of the molecule is Cc1ccc2nc(-c3ccc(-c4nc5ccc(S(=O)(=O)O)cc5n4Cc4ccccc4)o3)n(Cc3ccccc3)c2c1.O=S([O-])Oc1ccc2nc(-c3ccc(-c4nc5ccc(S(=O)(=O)O)cc5n4Cc4ccccc4)cc3)n(Cc3ccccc3)c2c1. The second kappa shape index (κ2) is 23.6. The van der Waals surface area contributed by atoms with Gasteiger partial charge in [0.25, 0.3) is 20.2 Å². The van der Waals surface area contributed by atoms with Crippen LogP contribution in [0.5, 0.6) is 5.75 Å². The number of fused-ring (bicyclic) bond motifs is 4. The monoisotopic (exact) mass is 1220 g/mol. The minimum Gasteiger partial charge on any atom is -0.740 e. The van der Waals surface area contributed by atoms with E-state index in [9.17, 15) is 34.7 Å². The molecule has 14 rings (SSSR count). The number of furan rings is 1. The summed E-state index contributed by atoms with van der Waals surface area (Å²) < 4.78 is 109. The minimum atomic E-state index is -4.41. The van der Waals surface area contributed by atoms with Crippen molar-refractivity contribution in [3.63, 3.8) is 0 Å². The van der Waals surface area contributed by atoms with Crippen LogP contribution in [0.15, 0.2) is 245 Å². The first-order chi connectivity index (χ1) is 42.6. The van der Waals surface area contributed by atoms with E-state index in [2.05, 4.69) is 29.7 Å². The van der Waals surface area contributed by atoms with Crippen LogP contribution in [0, 0.1) is 6.92 Å². The highest BCUT2D eigenvalue weighted by molar-refractivity contribution is 7.86. The van der Waals surface area contributed by atoms with Crippen LogP contribution in [0.3, 0.4) is 0 Å². The minimum absolute atomic E-state index is 0.186. The van der Waals surface area contributed by atoms with E-state index in [1.54, 1.807) is 30.3 Å². The van der Waals surface area contributed by atoms with E-state index in [-0.39, 0.29) is 15.5 Å². The molecule has 0 aliphatic heterocycles. The van der Waals surface area contributed by atoms with Crippen molar-refractivity contribution >= 4 is 75.7 Å². The molecular weight excluding hydrogens is 1170 g/mol. The first kappa shape index (κ1) is 57.0. The van der Waals surface area contributed by atoms with Gasteiger partial charge in [0.05, 0.1) is 53.9 Å². The first-order valence-corrected chi connectivity index (χ1v) is 31.5. The van der Waals surface area contributed by atoms with Gasteiger partial charge in [-0.2, -0.15) is 16.8 Å². The fourth-order valence-corrected chi connectivity index (χ4v) is 12.1. The highest BCUT2D eigenvalue weighted by Crippen LogP contribution is 2.36. The number of hydrogen-bond acceptors (Lipinski definition) is 12. The van der Waals surface area contributed by atoms with Crippen molar-refractivity contribution in [2.75, 3.05) is 0 Å². The van der Waals surface area contributed by atoms with Gasteiger partial charge in [-0.05, 0) is 108 Å². The van der Waals surface area contributed by atoms with Crippen molar-refractivity contribution in [1.82, 2.24) is 38.2 Å². The molecule has 5 heterocycles. The molecule has 0 aliphatic carbocycles. The third-order valence-electron chi connectivity index (χ3n) is 15.0. The van der Waals surface area contributed by atoms with E-state index < -0.39 is 31.6 Å². The Balaban J connectivity index is 0.000000163. The van der Waals surface area contributed by atoms with Crippen LogP contribution >= 0.6 is 0 Å². The molecule has 0 amide bonds. The summed E-state index contributed by atoms with van der Waals surface area (Å²) in [5, 5.41) is 0. The molecule has 0 saturated heterocycles. The van der Waals surface area contributed by atoms with Crippen LogP contribution in [-0.2, 0) is 57.8 Å². The van der Waals surface area contributed by atoms with Crippen molar-refractivity contribution in [2.24, 2.45) is 0 Å². The predicted octanol–water partition coefficient (Wildman–Crippen LogP) is 13.2. The van der Waals surface area contributed by atoms with Gasteiger partial charge in [0.1, 0.15) is 28.8 Å². The summed E-state index contributed by atoms with van der Waals surface area (Å²) in [7, 11) is -8.80. The summed E-state index contributed by atoms with van der Waals surface area (Å²) in [4.78, 5) is 19.1.